The number of halogens is 2. The molecular weight excluding hydrogens is 374 g/mol. The second kappa shape index (κ2) is 10.1. The molecule has 6 nitrogen and oxygen atoms in total. The molecule has 0 aliphatic rings. The first-order valence-corrected chi connectivity index (χ1v) is 9.31. The summed E-state index contributed by atoms with van der Waals surface area (Å²) in [4.78, 5) is 10.2. The van der Waals surface area contributed by atoms with Gasteiger partial charge in [-0.25, -0.2) is 9.98 Å². The Balaban J connectivity index is 2.06. The summed E-state index contributed by atoms with van der Waals surface area (Å²) in [5, 5.41) is 7.36. The van der Waals surface area contributed by atoms with Crippen molar-refractivity contribution in [3.63, 3.8) is 0 Å². The zero-order valence-electron chi connectivity index (χ0n) is 15.8. The van der Waals surface area contributed by atoms with Crippen molar-refractivity contribution < 1.29 is 18.3 Å². The standard InChI is InChI=1S/C18H24F2N4O2S/c1-5-21-18(23-10-16-24-11(2)12(3)27-16)22-9-13-6-7-14(25-4)15(8-13)26-17(19)20/h6-8,17H,5,9-10H2,1-4H3,(H2,21,22,23). The quantitative estimate of drug-likeness (QED) is 0.525. The first kappa shape index (κ1) is 20.9. The van der Waals surface area contributed by atoms with Crippen LogP contribution in [-0.4, -0.2) is 31.2 Å². The molecule has 27 heavy (non-hydrogen) atoms. The number of hydrogen-bond acceptors (Lipinski definition) is 5. The van der Waals surface area contributed by atoms with Crippen molar-refractivity contribution in [1.82, 2.24) is 15.6 Å². The molecule has 1 heterocycles. The Bertz CT molecular complexity index is 761. The highest BCUT2D eigenvalue weighted by Crippen LogP contribution is 2.29. The third-order valence-corrected chi connectivity index (χ3v) is 4.76. The molecule has 2 aromatic rings. The van der Waals surface area contributed by atoms with Crippen molar-refractivity contribution in [2.24, 2.45) is 4.99 Å². The lowest BCUT2D eigenvalue weighted by Gasteiger charge is -2.12. The van der Waals surface area contributed by atoms with Crippen LogP contribution in [0, 0.1) is 13.8 Å². The van der Waals surface area contributed by atoms with Crippen LogP contribution in [0.5, 0.6) is 11.5 Å². The molecule has 0 unspecified atom stereocenters. The topological polar surface area (TPSA) is 67.8 Å². The molecule has 0 fully saturated rings. The average molecular weight is 398 g/mol. The van der Waals surface area contributed by atoms with Gasteiger partial charge in [0.05, 0.1) is 25.9 Å². The van der Waals surface area contributed by atoms with Gasteiger partial charge in [-0.05, 0) is 38.5 Å². The van der Waals surface area contributed by atoms with Crippen LogP contribution in [0.3, 0.4) is 0 Å². The molecule has 0 radical (unpaired) electrons. The van der Waals surface area contributed by atoms with Gasteiger partial charge in [-0.3, -0.25) is 0 Å². The summed E-state index contributed by atoms with van der Waals surface area (Å²) >= 11 is 1.64. The van der Waals surface area contributed by atoms with Gasteiger partial charge in [0.15, 0.2) is 17.5 Å². The third-order valence-electron chi connectivity index (χ3n) is 3.69. The van der Waals surface area contributed by atoms with E-state index in [9.17, 15) is 8.78 Å². The fraction of sp³-hybridized carbons (Fsp3) is 0.444. The average Bonchev–Trinajstić information content (AvgIpc) is 2.95. The summed E-state index contributed by atoms with van der Waals surface area (Å²) in [5.41, 5.74) is 1.76. The van der Waals surface area contributed by atoms with Crippen LogP contribution in [0.25, 0.3) is 0 Å². The van der Waals surface area contributed by atoms with Crippen LogP contribution in [0.15, 0.2) is 23.2 Å². The van der Waals surface area contributed by atoms with Gasteiger partial charge in [-0.1, -0.05) is 6.07 Å². The molecule has 0 atom stereocenters. The number of thiazole rings is 1. The van der Waals surface area contributed by atoms with Crippen molar-refractivity contribution in [2.75, 3.05) is 13.7 Å². The largest absolute Gasteiger partial charge is 0.493 e. The molecule has 0 amide bonds. The van der Waals surface area contributed by atoms with Gasteiger partial charge < -0.3 is 20.1 Å². The van der Waals surface area contributed by atoms with Crippen molar-refractivity contribution in [3.8, 4) is 11.5 Å². The number of methoxy groups -OCH3 is 1. The molecule has 0 aliphatic carbocycles. The predicted octanol–water partition coefficient (Wildman–Crippen LogP) is 3.63. The second-order valence-electron chi connectivity index (χ2n) is 5.66. The fourth-order valence-corrected chi connectivity index (χ4v) is 3.17. The minimum Gasteiger partial charge on any atom is -0.493 e. The van der Waals surface area contributed by atoms with Crippen LogP contribution in [-0.2, 0) is 13.1 Å². The van der Waals surface area contributed by atoms with Crippen LogP contribution in [0.2, 0.25) is 0 Å². The maximum Gasteiger partial charge on any atom is 0.387 e. The molecule has 0 aliphatic heterocycles. The Hall–Kier alpha value is -2.42. The van der Waals surface area contributed by atoms with E-state index in [0.717, 1.165) is 16.3 Å². The Morgan fingerprint density at radius 1 is 1.26 bits per heavy atom. The SMILES string of the molecule is CCNC(=NCc1ccc(OC)c(OC(F)F)c1)NCc1nc(C)c(C)s1. The number of hydrogen-bond donors (Lipinski definition) is 2. The molecule has 0 spiro atoms. The van der Waals surface area contributed by atoms with E-state index >= 15 is 0 Å². The predicted molar refractivity (Wildman–Crippen MR) is 103 cm³/mol. The number of alkyl halides is 2. The molecular formula is C18H24F2N4O2S. The van der Waals surface area contributed by atoms with E-state index in [2.05, 4.69) is 25.3 Å². The van der Waals surface area contributed by atoms with Gasteiger partial charge in [-0.15, -0.1) is 11.3 Å². The van der Waals surface area contributed by atoms with Crippen LogP contribution in [0.4, 0.5) is 8.78 Å². The molecule has 1 aromatic carbocycles. The normalized spacial score (nSPS) is 11.6. The first-order chi connectivity index (χ1) is 12.9. The van der Waals surface area contributed by atoms with Crippen molar-refractivity contribution in [3.05, 3.63) is 39.3 Å². The monoisotopic (exact) mass is 398 g/mol. The van der Waals surface area contributed by atoms with Crippen molar-refractivity contribution in [2.45, 2.75) is 40.5 Å². The van der Waals surface area contributed by atoms with Gasteiger partial charge in [-0.2, -0.15) is 8.78 Å². The number of ether oxygens (including phenoxy) is 2. The lowest BCUT2D eigenvalue weighted by molar-refractivity contribution is -0.0512. The maximum absolute atomic E-state index is 12.5. The van der Waals surface area contributed by atoms with Crippen molar-refractivity contribution >= 4 is 17.3 Å². The van der Waals surface area contributed by atoms with Crippen LogP contribution in [0.1, 0.15) is 28.1 Å². The van der Waals surface area contributed by atoms with Gasteiger partial charge >= 0.3 is 6.61 Å². The molecule has 0 bridgehead atoms. The first-order valence-electron chi connectivity index (χ1n) is 8.49. The Labute approximate surface area is 161 Å². The molecule has 2 rings (SSSR count). The summed E-state index contributed by atoms with van der Waals surface area (Å²) in [5.74, 6) is 0.865. The molecule has 0 saturated carbocycles. The van der Waals surface area contributed by atoms with Gasteiger partial charge in [0.1, 0.15) is 5.01 Å². The lowest BCUT2D eigenvalue weighted by Crippen LogP contribution is -2.36. The van der Waals surface area contributed by atoms with Gasteiger partial charge in [0, 0.05) is 11.4 Å². The fourth-order valence-electron chi connectivity index (χ4n) is 2.29. The van der Waals surface area contributed by atoms with Crippen LogP contribution >= 0.6 is 11.3 Å². The number of aromatic nitrogens is 1. The summed E-state index contributed by atoms with van der Waals surface area (Å²) in [6.07, 6.45) is 0. The van der Waals surface area contributed by atoms with E-state index in [1.54, 1.807) is 23.5 Å². The molecule has 148 valence electrons. The minimum absolute atomic E-state index is 0.00750. The maximum atomic E-state index is 12.5. The van der Waals surface area contributed by atoms with E-state index in [1.165, 1.54) is 18.1 Å². The van der Waals surface area contributed by atoms with E-state index < -0.39 is 6.61 Å². The smallest absolute Gasteiger partial charge is 0.387 e. The summed E-state index contributed by atoms with van der Waals surface area (Å²) in [6.45, 7) is 4.64. The molecule has 2 N–H and O–H groups in total. The lowest BCUT2D eigenvalue weighted by atomic mass is 10.2. The summed E-state index contributed by atoms with van der Waals surface area (Å²) in [7, 11) is 1.40. The number of nitrogens with one attached hydrogen (secondary N) is 2. The Morgan fingerprint density at radius 3 is 2.63 bits per heavy atom. The zero-order valence-corrected chi connectivity index (χ0v) is 16.6. The zero-order chi connectivity index (χ0) is 19.8. The van der Waals surface area contributed by atoms with Gasteiger partial charge in [0.2, 0.25) is 0 Å². The third kappa shape index (κ3) is 6.35. The number of aryl methyl sites for hydroxylation is 2. The van der Waals surface area contributed by atoms with Gasteiger partial charge in [0.25, 0.3) is 0 Å². The molecule has 1 aromatic heterocycles. The number of guanidine groups is 1. The highest BCUT2D eigenvalue weighted by Gasteiger charge is 2.11. The van der Waals surface area contributed by atoms with E-state index in [1.807, 2.05) is 20.8 Å². The number of aliphatic imine (C=N–C) groups is 1. The number of nitrogens with zero attached hydrogens (tertiary/aromatic N) is 2. The highest BCUT2D eigenvalue weighted by atomic mass is 32.1. The summed E-state index contributed by atoms with van der Waals surface area (Å²) < 4.78 is 34.6. The Morgan fingerprint density at radius 2 is 2.04 bits per heavy atom. The van der Waals surface area contributed by atoms with E-state index in [0.29, 0.717) is 25.6 Å². The minimum atomic E-state index is -2.91. The van der Waals surface area contributed by atoms with Crippen LogP contribution < -0.4 is 20.1 Å². The summed E-state index contributed by atoms with van der Waals surface area (Å²) in [6, 6.07) is 4.85. The molecule has 0 saturated heterocycles. The second-order valence-corrected chi connectivity index (χ2v) is 6.95. The highest BCUT2D eigenvalue weighted by molar-refractivity contribution is 7.11. The number of rotatable bonds is 8. The Kier molecular flexibility index (Phi) is 7.78. The van der Waals surface area contributed by atoms with E-state index in [-0.39, 0.29) is 11.5 Å². The molecule has 9 heteroatoms. The number of benzene rings is 1. The van der Waals surface area contributed by atoms with E-state index in [4.69, 9.17) is 4.74 Å². The van der Waals surface area contributed by atoms with Crippen molar-refractivity contribution in [1.29, 1.82) is 0 Å².